The molecule has 1 amide bonds. The number of para-hydroxylation sites is 2. The lowest BCUT2D eigenvalue weighted by molar-refractivity contribution is -0.387. The number of anilines is 1. The number of nitrogens with one attached hydrogen (secondary N) is 2. The molecule has 0 aliphatic heterocycles. The van der Waals surface area contributed by atoms with Crippen molar-refractivity contribution in [3.05, 3.63) is 94.0 Å². The van der Waals surface area contributed by atoms with Crippen molar-refractivity contribution in [2.24, 2.45) is 5.10 Å². The second-order valence-electron chi connectivity index (χ2n) is 6.56. The van der Waals surface area contributed by atoms with E-state index in [-0.39, 0.29) is 17.0 Å². The highest BCUT2D eigenvalue weighted by Gasteiger charge is 2.25. The number of benzene rings is 3. The van der Waals surface area contributed by atoms with E-state index < -0.39 is 31.4 Å². The van der Waals surface area contributed by atoms with Crippen LogP contribution < -0.4 is 10.1 Å². The van der Waals surface area contributed by atoms with E-state index in [1.54, 1.807) is 31.2 Å². The Bertz CT molecular complexity index is 1300. The Morgan fingerprint density at radius 3 is 2.28 bits per heavy atom. The van der Waals surface area contributed by atoms with Gasteiger partial charge in [0, 0.05) is 11.8 Å². The maximum absolute atomic E-state index is 12.6. The van der Waals surface area contributed by atoms with Gasteiger partial charge in [0.25, 0.3) is 21.6 Å². The number of hydrazone groups is 1. The molecule has 32 heavy (non-hydrogen) atoms. The molecule has 0 atom stereocenters. The third-order valence-electron chi connectivity index (χ3n) is 4.38. The van der Waals surface area contributed by atoms with Gasteiger partial charge in [-0.15, -0.1) is 0 Å². The maximum Gasteiger partial charge on any atom is 0.289 e. The minimum absolute atomic E-state index is 0.0730. The van der Waals surface area contributed by atoms with Crippen molar-refractivity contribution in [2.45, 2.75) is 11.8 Å². The minimum atomic E-state index is -4.18. The summed E-state index contributed by atoms with van der Waals surface area (Å²) in [7, 11) is -4.18. The number of phenols is 1. The van der Waals surface area contributed by atoms with E-state index in [9.17, 15) is 28.4 Å². The average Bonchev–Trinajstić information content (AvgIpc) is 2.77. The predicted molar refractivity (Wildman–Crippen MR) is 118 cm³/mol. The molecule has 11 heteroatoms. The highest BCUT2D eigenvalue weighted by atomic mass is 32.2. The number of aromatic hydroxyl groups is 1. The number of carbonyl (C=O) groups is 1. The summed E-state index contributed by atoms with van der Waals surface area (Å²) in [6.07, 6.45) is 0. The molecule has 0 radical (unpaired) electrons. The van der Waals surface area contributed by atoms with E-state index in [1.165, 1.54) is 36.4 Å². The first kappa shape index (κ1) is 22.4. The average molecular weight is 454 g/mol. The fourth-order valence-electron chi connectivity index (χ4n) is 2.75. The topological polar surface area (TPSA) is 151 Å². The quantitative estimate of drug-likeness (QED) is 0.283. The number of sulfonamides is 1. The van der Waals surface area contributed by atoms with E-state index in [0.29, 0.717) is 11.3 Å². The Morgan fingerprint density at radius 2 is 1.62 bits per heavy atom. The van der Waals surface area contributed by atoms with E-state index in [0.717, 1.165) is 12.1 Å². The summed E-state index contributed by atoms with van der Waals surface area (Å²) in [6, 6.07) is 17.1. The van der Waals surface area contributed by atoms with Gasteiger partial charge in [0.2, 0.25) is 0 Å². The number of rotatable bonds is 7. The third kappa shape index (κ3) is 5.08. The largest absolute Gasteiger partial charge is 0.507 e. The summed E-state index contributed by atoms with van der Waals surface area (Å²) in [5.74, 6) is -0.760. The van der Waals surface area contributed by atoms with Crippen LogP contribution in [0.25, 0.3) is 0 Å². The molecule has 3 aromatic rings. The van der Waals surface area contributed by atoms with Gasteiger partial charge in [-0.25, -0.2) is 13.8 Å². The van der Waals surface area contributed by atoms with Gasteiger partial charge in [-0.3, -0.25) is 19.6 Å². The number of phenolic OH excluding ortho intramolecular Hbond substituents is 1. The predicted octanol–water partition coefficient (Wildman–Crippen LogP) is 3.26. The molecule has 164 valence electrons. The lowest BCUT2D eigenvalue weighted by Gasteiger charge is -2.09. The van der Waals surface area contributed by atoms with Gasteiger partial charge in [0.15, 0.2) is 4.90 Å². The monoisotopic (exact) mass is 454 g/mol. The van der Waals surface area contributed by atoms with Crippen LogP contribution in [0.3, 0.4) is 0 Å². The van der Waals surface area contributed by atoms with Crippen LogP contribution in [0.1, 0.15) is 22.8 Å². The zero-order valence-electron chi connectivity index (χ0n) is 16.7. The van der Waals surface area contributed by atoms with Crippen molar-refractivity contribution in [3.8, 4) is 5.75 Å². The molecule has 0 fully saturated rings. The molecule has 0 unspecified atom stereocenters. The number of nitro benzene ring substituents is 1. The van der Waals surface area contributed by atoms with Crippen LogP contribution in [0.5, 0.6) is 5.75 Å². The number of carbonyl (C=O) groups excluding carboxylic acids is 1. The molecule has 0 saturated carbocycles. The molecule has 0 aromatic heterocycles. The number of amides is 1. The Labute approximate surface area is 183 Å². The zero-order chi connectivity index (χ0) is 23.3. The summed E-state index contributed by atoms with van der Waals surface area (Å²) >= 11 is 0. The Balaban J connectivity index is 1.73. The van der Waals surface area contributed by atoms with E-state index >= 15 is 0 Å². The van der Waals surface area contributed by atoms with Crippen molar-refractivity contribution < 1.29 is 23.2 Å². The zero-order valence-corrected chi connectivity index (χ0v) is 17.5. The van der Waals surface area contributed by atoms with Gasteiger partial charge >= 0.3 is 0 Å². The van der Waals surface area contributed by atoms with Crippen LogP contribution in [0.15, 0.2) is 82.8 Å². The second kappa shape index (κ2) is 9.27. The number of hydrogen-bond donors (Lipinski definition) is 3. The molecule has 0 heterocycles. The van der Waals surface area contributed by atoms with E-state index in [4.69, 9.17) is 0 Å². The van der Waals surface area contributed by atoms with Crippen LogP contribution in [0.2, 0.25) is 0 Å². The van der Waals surface area contributed by atoms with Gasteiger partial charge in [-0.05, 0) is 42.8 Å². The minimum Gasteiger partial charge on any atom is -0.507 e. The Morgan fingerprint density at radius 1 is 1.00 bits per heavy atom. The van der Waals surface area contributed by atoms with Crippen LogP contribution in [-0.2, 0) is 10.0 Å². The fraction of sp³-hybridized carbons (Fsp3) is 0.0476. The molecule has 0 saturated heterocycles. The highest BCUT2D eigenvalue weighted by Crippen LogP contribution is 2.25. The van der Waals surface area contributed by atoms with Crippen molar-refractivity contribution in [1.82, 2.24) is 5.43 Å². The number of nitrogens with zero attached hydrogens (tertiary/aromatic N) is 2. The first-order valence-corrected chi connectivity index (χ1v) is 10.7. The van der Waals surface area contributed by atoms with Gasteiger partial charge < -0.3 is 5.11 Å². The van der Waals surface area contributed by atoms with Gasteiger partial charge in [0.05, 0.1) is 16.2 Å². The normalized spacial score (nSPS) is 11.6. The molecule has 3 N–H and O–H groups in total. The maximum atomic E-state index is 12.6. The first-order valence-electron chi connectivity index (χ1n) is 9.18. The fourth-order valence-corrected chi connectivity index (χ4v) is 3.98. The van der Waals surface area contributed by atoms with Crippen LogP contribution in [0.4, 0.5) is 11.4 Å². The molecule has 3 aromatic carbocycles. The SMILES string of the molecule is CC(=NNC(=O)c1ccccc1O)c1ccc(NS(=O)(=O)c2ccccc2[N+](=O)[O-])cc1. The van der Waals surface area contributed by atoms with Crippen molar-refractivity contribution in [3.63, 3.8) is 0 Å². The van der Waals surface area contributed by atoms with Gasteiger partial charge in [-0.2, -0.15) is 5.10 Å². The summed E-state index contributed by atoms with van der Waals surface area (Å²) in [6.45, 7) is 1.64. The van der Waals surface area contributed by atoms with Crippen LogP contribution in [0, 0.1) is 10.1 Å². The molecule has 0 bridgehead atoms. The summed E-state index contributed by atoms with van der Waals surface area (Å²) in [4.78, 5) is 22.0. The van der Waals surface area contributed by atoms with Crippen molar-refractivity contribution in [1.29, 1.82) is 0 Å². The number of hydrogen-bond acceptors (Lipinski definition) is 7. The van der Waals surface area contributed by atoms with Crippen LogP contribution in [-0.4, -0.2) is 30.1 Å². The smallest absolute Gasteiger partial charge is 0.289 e. The molecule has 0 aliphatic carbocycles. The Kier molecular flexibility index (Phi) is 6.50. The van der Waals surface area contributed by atoms with Crippen molar-refractivity contribution >= 4 is 33.0 Å². The highest BCUT2D eigenvalue weighted by molar-refractivity contribution is 7.92. The van der Waals surface area contributed by atoms with E-state index in [2.05, 4.69) is 15.2 Å². The van der Waals surface area contributed by atoms with Gasteiger partial charge in [0.1, 0.15) is 5.75 Å². The van der Waals surface area contributed by atoms with Crippen molar-refractivity contribution in [2.75, 3.05) is 4.72 Å². The third-order valence-corrected chi connectivity index (χ3v) is 5.81. The molecule has 10 nitrogen and oxygen atoms in total. The molecular weight excluding hydrogens is 436 g/mol. The van der Waals surface area contributed by atoms with Crippen LogP contribution >= 0.6 is 0 Å². The van der Waals surface area contributed by atoms with E-state index in [1.807, 2.05) is 0 Å². The summed E-state index contributed by atoms with van der Waals surface area (Å²) in [5.41, 5.74) is 3.11. The Hall–Kier alpha value is -4.25. The molecule has 0 aliphatic rings. The molecular formula is C21H18N4O6S. The van der Waals surface area contributed by atoms with Gasteiger partial charge in [-0.1, -0.05) is 36.4 Å². The first-order chi connectivity index (χ1) is 15.2. The standard InChI is InChI=1S/C21H18N4O6S/c1-14(22-23-21(27)17-6-2-4-8-19(17)26)15-10-12-16(13-11-15)24-32(30,31)20-9-5-3-7-18(20)25(28)29/h2-13,24,26H,1H3,(H,23,27). The molecule has 3 rings (SSSR count). The second-order valence-corrected chi connectivity index (χ2v) is 8.21. The lowest BCUT2D eigenvalue weighted by Crippen LogP contribution is -2.19. The molecule has 0 spiro atoms. The summed E-state index contributed by atoms with van der Waals surface area (Å²) in [5, 5.41) is 24.8. The summed E-state index contributed by atoms with van der Waals surface area (Å²) < 4.78 is 27.5. The number of nitro groups is 1. The lowest BCUT2D eigenvalue weighted by atomic mass is 10.1.